The molecule has 94 valence electrons. The molecule has 0 aliphatic rings. The summed E-state index contributed by atoms with van der Waals surface area (Å²) in [6.07, 6.45) is 0. The number of hydrogen-bond donors (Lipinski definition) is 2. The van der Waals surface area contributed by atoms with Crippen molar-refractivity contribution in [2.45, 2.75) is 18.7 Å². The Kier molecular flexibility index (Phi) is 3.98. The van der Waals surface area contributed by atoms with E-state index < -0.39 is 23.0 Å². The minimum atomic E-state index is -1.05. The van der Waals surface area contributed by atoms with Gasteiger partial charge in [0.2, 0.25) is 0 Å². The monoisotopic (exact) mass is 261 g/mol. The van der Waals surface area contributed by atoms with Crippen molar-refractivity contribution in [2.75, 3.05) is 11.5 Å². The Bertz CT molecular complexity index is 426. The molecule has 0 saturated heterocycles. The topological polar surface area (TPSA) is 63.3 Å². The van der Waals surface area contributed by atoms with E-state index in [1.54, 1.807) is 0 Å². The molecule has 6 heteroatoms. The van der Waals surface area contributed by atoms with Gasteiger partial charge in [-0.15, -0.1) is 11.8 Å². The molecule has 0 saturated carbocycles. The van der Waals surface area contributed by atoms with E-state index in [1.165, 1.54) is 13.8 Å². The number of halogens is 2. The van der Waals surface area contributed by atoms with Crippen LogP contribution in [0.5, 0.6) is 0 Å². The third-order valence-corrected chi connectivity index (χ3v) is 3.72. The standard InChI is InChI=1S/C11H13F2NO2S/c1-11(2,10(15)16)5-17-9-7(12)3-6(14)4-8(9)13/h3-4H,5,14H2,1-2H3,(H,15,16). The molecule has 0 aliphatic carbocycles. The summed E-state index contributed by atoms with van der Waals surface area (Å²) >= 11 is 0.831. The Balaban J connectivity index is 2.87. The third-order valence-electron chi connectivity index (χ3n) is 2.18. The van der Waals surface area contributed by atoms with Crippen molar-refractivity contribution in [1.29, 1.82) is 0 Å². The van der Waals surface area contributed by atoms with Crippen LogP contribution in [0.15, 0.2) is 17.0 Å². The molecule has 0 aliphatic heterocycles. The zero-order valence-electron chi connectivity index (χ0n) is 9.46. The van der Waals surface area contributed by atoms with Crippen LogP contribution in [0, 0.1) is 17.0 Å². The molecule has 0 atom stereocenters. The number of thioether (sulfide) groups is 1. The van der Waals surface area contributed by atoms with Crippen molar-refractivity contribution < 1.29 is 18.7 Å². The SMILES string of the molecule is CC(C)(CSc1c(F)cc(N)cc1F)C(=O)O. The van der Waals surface area contributed by atoms with Crippen molar-refractivity contribution in [1.82, 2.24) is 0 Å². The van der Waals surface area contributed by atoms with Crippen LogP contribution in [0.2, 0.25) is 0 Å². The van der Waals surface area contributed by atoms with Crippen LogP contribution in [0.3, 0.4) is 0 Å². The summed E-state index contributed by atoms with van der Waals surface area (Å²) in [6.45, 7) is 2.99. The summed E-state index contributed by atoms with van der Waals surface area (Å²) in [5, 5.41) is 8.88. The highest BCUT2D eigenvalue weighted by molar-refractivity contribution is 7.99. The Morgan fingerprint density at radius 2 is 1.88 bits per heavy atom. The van der Waals surface area contributed by atoms with E-state index in [0.717, 1.165) is 23.9 Å². The van der Waals surface area contributed by atoms with E-state index in [9.17, 15) is 13.6 Å². The van der Waals surface area contributed by atoms with Gasteiger partial charge in [-0.2, -0.15) is 0 Å². The Morgan fingerprint density at radius 3 is 2.29 bits per heavy atom. The van der Waals surface area contributed by atoms with Crippen molar-refractivity contribution in [2.24, 2.45) is 5.41 Å². The van der Waals surface area contributed by atoms with Gasteiger partial charge in [0.15, 0.2) is 0 Å². The first kappa shape index (κ1) is 13.8. The molecule has 1 aromatic rings. The van der Waals surface area contributed by atoms with Gasteiger partial charge in [0.25, 0.3) is 0 Å². The van der Waals surface area contributed by atoms with Crippen LogP contribution in [0.25, 0.3) is 0 Å². The lowest BCUT2D eigenvalue weighted by atomic mass is 9.97. The molecule has 17 heavy (non-hydrogen) atoms. The van der Waals surface area contributed by atoms with Crippen LogP contribution in [0.1, 0.15) is 13.8 Å². The summed E-state index contributed by atoms with van der Waals surface area (Å²) in [7, 11) is 0. The van der Waals surface area contributed by atoms with Crippen LogP contribution < -0.4 is 5.73 Å². The van der Waals surface area contributed by atoms with Gasteiger partial charge in [0.05, 0.1) is 10.3 Å². The van der Waals surface area contributed by atoms with E-state index in [4.69, 9.17) is 10.8 Å². The highest BCUT2D eigenvalue weighted by Gasteiger charge is 2.28. The van der Waals surface area contributed by atoms with E-state index in [1.807, 2.05) is 0 Å². The molecular weight excluding hydrogens is 248 g/mol. The fourth-order valence-corrected chi connectivity index (χ4v) is 2.05. The highest BCUT2D eigenvalue weighted by atomic mass is 32.2. The predicted octanol–water partition coefficient (Wildman–Crippen LogP) is 2.75. The fraction of sp³-hybridized carbons (Fsp3) is 0.364. The predicted molar refractivity (Wildman–Crippen MR) is 62.9 cm³/mol. The molecule has 3 N–H and O–H groups in total. The normalized spacial score (nSPS) is 11.5. The second-order valence-corrected chi connectivity index (χ2v) is 5.28. The van der Waals surface area contributed by atoms with Crippen molar-refractivity contribution in [3.63, 3.8) is 0 Å². The molecule has 3 nitrogen and oxygen atoms in total. The van der Waals surface area contributed by atoms with Gasteiger partial charge in [-0.3, -0.25) is 4.79 Å². The Labute approximate surface area is 102 Å². The van der Waals surface area contributed by atoms with E-state index >= 15 is 0 Å². The van der Waals surface area contributed by atoms with E-state index in [0.29, 0.717) is 0 Å². The second kappa shape index (κ2) is 4.91. The zero-order valence-corrected chi connectivity index (χ0v) is 10.3. The number of carbonyl (C=O) groups is 1. The summed E-state index contributed by atoms with van der Waals surface area (Å²) in [5.74, 6) is -2.48. The molecule has 0 aromatic heterocycles. The number of nitrogens with two attached hydrogens (primary N) is 1. The summed E-state index contributed by atoms with van der Waals surface area (Å²) < 4.78 is 26.8. The smallest absolute Gasteiger partial charge is 0.309 e. The number of nitrogen functional groups attached to an aromatic ring is 1. The number of rotatable bonds is 4. The lowest BCUT2D eigenvalue weighted by Gasteiger charge is -2.18. The molecule has 0 radical (unpaired) electrons. The Morgan fingerprint density at radius 1 is 1.41 bits per heavy atom. The molecule has 1 aromatic carbocycles. The molecular formula is C11H13F2NO2S. The molecule has 0 unspecified atom stereocenters. The van der Waals surface area contributed by atoms with Crippen molar-refractivity contribution in [3.8, 4) is 0 Å². The first-order valence-electron chi connectivity index (χ1n) is 4.85. The third kappa shape index (κ3) is 3.33. The molecule has 0 bridgehead atoms. The minimum Gasteiger partial charge on any atom is -0.481 e. The number of anilines is 1. The number of benzene rings is 1. The average Bonchev–Trinajstić information content (AvgIpc) is 2.15. The van der Waals surface area contributed by atoms with Crippen LogP contribution in [-0.4, -0.2) is 16.8 Å². The van der Waals surface area contributed by atoms with Gasteiger partial charge in [0, 0.05) is 11.4 Å². The van der Waals surface area contributed by atoms with Crippen LogP contribution >= 0.6 is 11.8 Å². The summed E-state index contributed by atoms with van der Waals surface area (Å²) in [6, 6.07) is 2.03. The van der Waals surface area contributed by atoms with Crippen LogP contribution in [0.4, 0.5) is 14.5 Å². The summed E-state index contributed by atoms with van der Waals surface area (Å²) in [4.78, 5) is 10.6. The number of aliphatic carboxylic acids is 1. The molecule has 0 heterocycles. The quantitative estimate of drug-likeness (QED) is 0.646. The number of carboxylic acids is 1. The summed E-state index contributed by atoms with van der Waals surface area (Å²) in [5.41, 5.74) is 4.23. The fourth-order valence-electron chi connectivity index (χ4n) is 1.03. The highest BCUT2D eigenvalue weighted by Crippen LogP contribution is 2.32. The maximum Gasteiger partial charge on any atom is 0.309 e. The van der Waals surface area contributed by atoms with Gasteiger partial charge < -0.3 is 10.8 Å². The first-order chi connectivity index (χ1) is 7.74. The van der Waals surface area contributed by atoms with Gasteiger partial charge in [-0.1, -0.05) is 0 Å². The average molecular weight is 261 g/mol. The van der Waals surface area contributed by atoms with Gasteiger partial charge in [-0.25, -0.2) is 8.78 Å². The number of hydrogen-bond acceptors (Lipinski definition) is 3. The van der Waals surface area contributed by atoms with Gasteiger partial charge in [-0.05, 0) is 26.0 Å². The lowest BCUT2D eigenvalue weighted by molar-refractivity contribution is -0.145. The lowest BCUT2D eigenvalue weighted by Crippen LogP contribution is -2.26. The van der Waals surface area contributed by atoms with E-state index in [2.05, 4.69) is 0 Å². The van der Waals surface area contributed by atoms with Crippen LogP contribution in [-0.2, 0) is 4.79 Å². The molecule has 0 fully saturated rings. The van der Waals surface area contributed by atoms with Crippen molar-refractivity contribution >= 4 is 23.4 Å². The second-order valence-electron chi connectivity index (χ2n) is 4.29. The zero-order chi connectivity index (χ0) is 13.2. The largest absolute Gasteiger partial charge is 0.481 e. The van der Waals surface area contributed by atoms with E-state index in [-0.39, 0.29) is 16.3 Å². The molecule has 1 rings (SSSR count). The minimum absolute atomic E-state index is 0.00171. The Hall–Kier alpha value is -1.30. The molecule has 0 spiro atoms. The maximum absolute atomic E-state index is 13.4. The van der Waals surface area contributed by atoms with Gasteiger partial charge in [0.1, 0.15) is 11.6 Å². The maximum atomic E-state index is 13.4. The number of carboxylic acid groups (broad SMARTS) is 1. The van der Waals surface area contributed by atoms with Gasteiger partial charge >= 0.3 is 5.97 Å². The first-order valence-corrected chi connectivity index (χ1v) is 5.83. The molecule has 0 amide bonds. The van der Waals surface area contributed by atoms with Crippen molar-refractivity contribution in [3.05, 3.63) is 23.8 Å².